The summed E-state index contributed by atoms with van der Waals surface area (Å²) in [5.74, 6) is 0.0520. The number of carbonyl (C=O) groups excluding carboxylic acids is 2. The van der Waals surface area contributed by atoms with E-state index in [1.165, 1.54) is 18.3 Å². The van der Waals surface area contributed by atoms with E-state index in [1.807, 2.05) is 24.3 Å². The van der Waals surface area contributed by atoms with Crippen molar-refractivity contribution in [2.75, 3.05) is 5.32 Å². The largest absolute Gasteiger partial charge is 0.360 e. The molecule has 1 aromatic carbocycles. The number of anilines is 1. The van der Waals surface area contributed by atoms with E-state index in [0.717, 1.165) is 10.9 Å². The molecule has 20 heavy (non-hydrogen) atoms. The number of aromatic nitrogens is 2. The predicted molar refractivity (Wildman–Crippen MR) is 78.1 cm³/mol. The van der Waals surface area contributed by atoms with Crippen molar-refractivity contribution in [3.05, 3.63) is 46.4 Å². The minimum Gasteiger partial charge on any atom is -0.360 e. The molecular weight excluding hydrogens is 274 g/mol. The van der Waals surface area contributed by atoms with Crippen molar-refractivity contribution in [2.45, 2.75) is 6.92 Å². The van der Waals surface area contributed by atoms with Crippen molar-refractivity contribution in [1.82, 2.24) is 9.97 Å². The molecule has 0 bridgehead atoms. The van der Waals surface area contributed by atoms with Crippen LogP contribution in [0.15, 0.2) is 35.8 Å². The van der Waals surface area contributed by atoms with Crippen LogP contribution >= 0.6 is 11.3 Å². The van der Waals surface area contributed by atoms with Crippen LogP contribution in [0.3, 0.4) is 0 Å². The van der Waals surface area contributed by atoms with E-state index in [0.29, 0.717) is 16.4 Å². The second kappa shape index (κ2) is 4.90. The number of rotatable bonds is 3. The predicted octanol–water partition coefficient (Wildman–Crippen LogP) is 2.81. The van der Waals surface area contributed by atoms with Crippen molar-refractivity contribution in [3.63, 3.8) is 0 Å². The number of carbonyl (C=O) groups is 2. The van der Waals surface area contributed by atoms with Crippen molar-refractivity contribution < 1.29 is 9.59 Å². The van der Waals surface area contributed by atoms with Crippen molar-refractivity contribution in [2.24, 2.45) is 0 Å². The molecule has 0 saturated heterocycles. The van der Waals surface area contributed by atoms with Crippen LogP contribution in [0.25, 0.3) is 10.9 Å². The number of H-pyrrole nitrogens is 1. The van der Waals surface area contributed by atoms with Crippen LogP contribution in [0.2, 0.25) is 0 Å². The van der Waals surface area contributed by atoms with Gasteiger partial charge in [-0.05, 0) is 6.07 Å². The molecule has 0 fully saturated rings. The van der Waals surface area contributed by atoms with Gasteiger partial charge in [0.05, 0.1) is 5.56 Å². The molecule has 6 heteroatoms. The van der Waals surface area contributed by atoms with Crippen molar-refractivity contribution in [1.29, 1.82) is 0 Å². The highest BCUT2D eigenvalue weighted by Gasteiger charge is 2.17. The molecule has 3 rings (SSSR count). The topological polar surface area (TPSA) is 74.8 Å². The third-order valence-corrected chi connectivity index (χ3v) is 3.68. The summed E-state index contributed by atoms with van der Waals surface area (Å²) >= 11 is 1.22. The summed E-state index contributed by atoms with van der Waals surface area (Å²) in [6.45, 7) is 1.40. The van der Waals surface area contributed by atoms with Crippen LogP contribution in [-0.2, 0) is 4.79 Å². The normalized spacial score (nSPS) is 10.7. The Morgan fingerprint density at radius 3 is 2.90 bits per heavy atom. The summed E-state index contributed by atoms with van der Waals surface area (Å²) in [5, 5.41) is 5.45. The molecule has 0 aliphatic carbocycles. The van der Waals surface area contributed by atoms with Crippen LogP contribution in [0.4, 0.5) is 5.82 Å². The molecule has 2 N–H and O–H groups in total. The van der Waals surface area contributed by atoms with Crippen molar-refractivity contribution >= 4 is 39.7 Å². The Balaban J connectivity index is 1.96. The summed E-state index contributed by atoms with van der Waals surface area (Å²) in [6.07, 6.45) is 1.69. The average Bonchev–Trinajstić information content (AvgIpc) is 3.03. The van der Waals surface area contributed by atoms with E-state index in [-0.39, 0.29) is 11.7 Å². The molecule has 0 radical (unpaired) electrons. The molecule has 3 aromatic rings. The van der Waals surface area contributed by atoms with Gasteiger partial charge in [-0.25, -0.2) is 4.98 Å². The molecule has 100 valence electrons. The van der Waals surface area contributed by atoms with Gasteiger partial charge in [-0.2, -0.15) is 0 Å². The first-order valence-electron chi connectivity index (χ1n) is 5.99. The Morgan fingerprint density at radius 2 is 2.10 bits per heavy atom. The zero-order valence-electron chi connectivity index (χ0n) is 10.6. The first kappa shape index (κ1) is 12.6. The maximum atomic E-state index is 12.4. The van der Waals surface area contributed by atoms with Gasteiger partial charge in [-0.3, -0.25) is 9.59 Å². The molecule has 5 nitrogen and oxygen atoms in total. The first-order valence-corrected chi connectivity index (χ1v) is 6.87. The van der Waals surface area contributed by atoms with Gasteiger partial charge in [-0.1, -0.05) is 18.2 Å². The number of nitrogens with zero attached hydrogens (tertiary/aromatic N) is 1. The lowest BCUT2D eigenvalue weighted by Gasteiger charge is -1.96. The quantitative estimate of drug-likeness (QED) is 0.727. The lowest BCUT2D eigenvalue weighted by molar-refractivity contribution is -0.114. The highest BCUT2D eigenvalue weighted by Crippen LogP contribution is 2.23. The summed E-state index contributed by atoms with van der Waals surface area (Å²) in [4.78, 5) is 30.6. The Hall–Kier alpha value is -2.47. The molecule has 2 aromatic heterocycles. The van der Waals surface area contributed by atoms with Gasteiger partial charge in [0.1, 0.15) is 5.82 Å². The fourth-order valence-electron chi connectivity index (χ4n) is 1.99. The second-order valence-electron chi connectivity index (χ2n) is 4.30. The van der Waals surface area contributed by atoms with Gasteiger partial charge in [0.2, 0.25) is 11.7 Å². The maximum Gasteiger partial charge on any atom is 0.223 e. The summed E-state index contributed by atoms with van der Waals surface area (Å²) in [6, 6.07) is 7.60. The van der Waals surface area contributed by atoms with Gasteiger partial charge in [0, 0.05) is 29.4 Å². The number of aromatic amines is 1. The molecule has 1 amide bonds. The number of hydrogen-bond acceptors (Lipinski definition) is 4. The molecule has 0 unspecified atom stereocenters. The number of benzene rings is 1. The van der Waals surface area contributed by atoms with Gasteiger partial charge in [-0.15, -0.1) is 11.3 Å². The van der Waals surface area contributed by atoms with E-state index in [4.69, 9.17) is 0 Å². The first-order chi connectivity index (χ1) is 9.65. The molecule has 0 saturated carbocycles. The number of para-hydroxylation sites is 1. The van der Waals surface area contributed by atoms with E-state index in [2.05, 4.69) is 15.3 Å². The zero-order chi connectivity index (χ0) is 14.1. The van der Waals surface area contributed by atoms with Crippen LogP contribution < -0.4 is 5.32 Å². The van der Waals surface area contributed by atoms with Crippen LogP contribution in [0.5, 0.6) is 0 Å². The third-order valence-electron chi connectivity index (χ3n) is 2.84. The number of thiazole rings is 1. The lowest BCUT2D eigenvalue weighted by Crippen LogP contribution is -2.07. The SMILES string of the molecule is CC(=O)Nc1csc(C(=O)c2c[nH]c3ccccc23)n1. The van der Waals surface area contributed by atoms with Crippen molar-refractivity contribution in [3.8, 4) is 0 Å². The van der Waals surface area contributed by atoms with Crippen LogP contribution in [0.1, 0.15) is 22.3 Å². The fraction of sp³-hybridized carbons (Fsp3) is 0.0714. The van der Waals surface area contributed by atoms with Gasteiger partial charge in [0.15, 0.2) is 5.01 Å². The Bertz CT molecular complexity index is 803. The monoisotopic (exact) mass is 285 g/mol. The van der Waals surface area contributed by atoms with E-state index >= 15 is 0 Å². The van der Waals surface area contributed by atoms with Gasteiger partial charge < -0.3 is 10.3 Å². The Kier molecular flexibility index (Phi) is 3.08. The van der Waals surface area contributed by atoms with Crippen LogP contribution in [0, 0.1) is 0 Å². The van der Waals surface area contributed by atoms with Gasteiger partial charge in [0.25, 0.3) is 0 Å². The third kappa shape index (κ3) is 2.21. The average molecular weight is 285 g/mol. The van der Waals surface area contributed by atoms with Crippen LogP contribution in [-0.4, -0.2) is 21.7 Å². The Morgan fingerprint density at radius 1 is 1.30 bits per heavy atom. The minimum atomic E-state index is -0.207. The van der Waals surface area contributed by atoms with Gasteiger partial charge >= 0.3 is 0 Å². The fourth-order valence-corrected chi connectivity index (χ4v) is 2.69. The summed E-state index contributed by atoms with van der Waals surface area (Å²) in [5.41, 5.74) is 1.50. The summed E-state index contributed by atoms with van der Waals surface area (Å²) in [7, 11) is 0. The van der Waals surface area contributed by atoms with E-state index in [1.54, 1.807) is 11.6 Å². The highest BCUT2D eigenvalue weighted by atomic mass is 32.1. The maximum absolute atomic E-state index is 12.4. The molecular formula is C14H11N3O2S. The molecule has 0 aliphatic heterocycles. The lowest BCUT2D eigenvalue weighted by atomic mass is 10.1. The number of hydrogen-bond donors (Lipinski definition) is 2. The minimum absolute atomic E-state index is 0.149. The molecule has 0 spiro atoms. The smallest absolute Gasteiger partial charge is 0.223 e. The van der Waals surface area contributed by atoms with E-state index < -0.39 is 0 Å². The number of fused-ring (bicyclic) bond motifs is 1. The number of nitrogens with one attached hydrogen (secondary N) is 2. The second-order valence-corrected chi connectivity index (χ2v) is 5.15. The Labute approximate surface area is 118 Å². The number of ketones is 1. The summed E-state index contributed by atoms with van der Waals surface area (Å²) < 4.78 is 0. The molecule has 0 atom stereocenters. The molecule has 2 heterocycles. The van der Waals surface area contributed by atoms with E-state index in [9.17, 15) is 9.59 Å². The highest BCUT2D eigenvalue weighted by molar-refractivity contribution is 7.12. The zero-order valence-corrected chi connectivity index (χ0v) is 11.5. The number of amides is 1. The standard InChI is InChI=1S/C14H11N3O2S/c1-8(18)16-12-7-20-14(17-12)13(19)10-6-15-11-5-3-2-4-9(10)11/h2-7,15H,1H3,(H,16,18). The molecule has 0 aliphatic rings.